The molecular weight excluding hydrogens is 368 g/mol. The number of methoxy groups -OCH3 is 2. The second-order valence-corrected chi connectivity index (χ2v) is 8.42. The van der Waals surface area contributed by atoms with E-state index in [-0.39, 0.29) is 0 Å². The maximum absolute atomic E-state index is 5.55. The Balaban J connectivity index is 2.06. The van der Waals surface area contributed by atoms with E-state index in [1.165, 1.54) is 54.6 Å². The highest BCUT2D eigenvalue weighted by molar-refractivity contribution is 6.27. The Kier molecular flexibility index (Phi) is 4.14. The lowest BCUT2D eigenvalue weighted by Gasteiger charge is -2.16. The summed E-state index contributed by atoms with van der Waals surface area (Å²) in [6.07, 6.45) is 0. The van der Waals surface area contributed by atoms with Gasteiger partial charge in [-0.05, 0) is 117 Å². The number of hydrogen-bond donors (Lipinski definition) is 0. The molecule has 0 spiro atoms. The van der Waals surface area contributed by atoms with Crippen LogP contribution in [0.5, 0.6) is 11.5 Å². The van der Waals surface area contributed by atoms with Crippen LogP contribution in [0.25, 0.3) is 43.1 Å². The smallest absolute Gasteiger partial charge is 0.161 e. The molecule has 150 valence electrons. The minimum Gasteiger partial charge on any atom is -0.493 e. The Labute approximate surface area is 177 Å². The van der Waals surface area contributed by atoms with Gasteiger partial charge in [-0.25, -0.2) is 0 Å². The van der Waals surface area contributed by atoms with E-state index in [9.17, 15) is 0 Å². The average Bonchev–Trinajstić information content (AvgIpc) is 2.74. The van der Waals surface area contributed by atoms with Crippen molar-refractivity contribution in [3.63, 3.8) is 0 Å². The fourth-order valence-electron chi connectivity index (χ4n) is 4.60. The van der Waals surface area contributed by atoms with Gasteiger partial charge < -0.3 is 9.47 Å². The standard InChI is InChI=1S/C28H26O2/c1-15-7-21-22-8-16(2)18(4)10-24(22)26-12-20-14-28(30-6)27(29-5)13-19(20)11-25(26)23(21)9-17(15)3/h7-14H,1-6H3. The summed E-state index contributed by atoms with van der Waals surface area (Å²) in [7, 11) is 3.37. The van der Waals surface area contributed by atoms with Gasteiger partial charge in [-0.3, -0.25) is 0 Å². The quantitative estimate of drug-likeness (QED) is 0.227. The van der Waals surface area contributed by atoms with E-state index < -0.39 is 0 Å². The highest BCUT2D eigenvalue weighted by atomic mass is 16.5. The molecule has 0 amide bonds. The van der Waals surface area contributed by atoms with Crippen LogP contribution >= 0.6 is 0 Å². The van der Waals surface area contributed by atoms with Crippen LogP contribution in [0.2, 0.25) is 0 Å². The Morgan fingerprint density at radius 1 is 0.400 bits per heavy atom. The summed E-state index contributed by atoms with van der Waals surface area (Å²) in [4.78, 5) is 0. The second-order valence-electron chi connectivity index (χ2n) is 8.42. The lowest BCUT2D eigenvalue weighted by molar-refractivity contribution is 0.356. The third kappa shape index (κ3) is 2.64. The molecule has 0 aliphatic carbocycles. The van der Waals surface area contributed by atoms with Crippen LogP contribution in [0, 0.1) is 27.7 Å². The van der Waals surface area contributed by atoms with Gasteiger partial charge in [0.05, 0.1) is 14.2 Å². The Morgan fingerprint density at radius 3 is 0.933 bits per heavy atom. The predicted molar refractivity (Wildman–Crippen MR) is 129 cm³/mol. The van der Waals surface area contributed by atoms with Crippen molar-refractivity contribution in [3.05, 3.63) is 70.8 Å². The molecule has 0 aromatic heterocycles. The van der Waals surface area contributed by atoms with Crippen molar-refractivity contribution < 1.29 is 9.47 Å². The highest BCUT2D eigenvalue weighted by Gasteiger charge is 2.14. The van der Waals surface area contributed by atoms with E-state index in [1.54, 1.807) is 14.2 Å². The van der Waals surface area contributed by atoms with E-state index in [0.717, 1.165) is 22.3 Å². The lowest BCUT2D eigenvalue weighted by Crippen LogP contribution is -1.92. The van der Waals surface area contributed by atoms with Gasteiger partial charge in [-0.1, -0.05) is 24.3 Å². The van der Waals surface area contributed by atoms with Gasteiger partial charge in [0.25, 0.3) is 0 Å². The monoisotopic (exact) mass is 394 g/mol. The van der Waals surface area contributed by atoms with Crippen molar-refractivity contribution >= 4 is 43.1 Å². The molecule has 5 aromatic rings. The van der Waals surface area contributed by atoms with Crippen molar-refractivity contribution in [1.82, 2.24) is 0 Å². The normalized spacial score (nSPS) is 11.7. The minimum atomic E-state index is 0.757. The van der Waals surface area contributed by atoms with Gasteiger partial charge in [0.2, 0.25) is 0 Å². The van der Waals surface area contributed by atoms with Crippen LogP contribution in [0.4, 0.5) is 0 Å². The van der Waals surface area contributed by atoms with Crippen LogP contribution < -0.4 is 9.47 Å². The van der Waals surface area contributed by atoms with E-state index in [4.69, 9.17) is 9.47 Å². The molecule has 0 atom stereocenters. The zero-order valence-corrected chi connectivity index (χ0v) is 18.4. The Bertz CT molecular complexity index is 1380. The first-order valence-electron chi connectivity index (χ1n) is 10.3. The molecule has 0 unspecified atom stereocenters. The Morgan fingerprint density at radius 2 is 0.667 bits per heavy atom. The van der Waals surface area contributed by atoms with Crippen LogP contribution in [0.1, 0.15) is 22.3 Å². The summed E-state index contributed by atoms with van der Waals surface area (Å²) in [5.74, 6) is 1.51. The average molecular weight is 395 g/mol. The first-order valence-corrected chi connectivity index (χ1v) is 10.3. The molecule has 0 N–H and O–H groups in total. The zero-order valence-electron chi connectivity index (χ0n) is 18.4. The number of ether oxygens (including phenoxy) is 2. The third-order valence-electron chi connectivity index (χ3n) is 6.62. The number of benzene rings is 5. The van der Waals surface area contributed by atoms with Crippen molar-refractivity contribution in [2.75, 3.05) is 14.2 Å². The fourth-order valence-corrected chi connectivity index (χ4v) is 4.60. The number of hydrogen-bond acceptors (Lipinski definition) is 2. The van der Waals surface area contributed by atoms with Gasteiger partial charge in [0.15, 0.2) is 11.5 Å². The van der Waals surface area contributed by atoms with Gasteiger partial charge in [-0.15, -0.1) is 0 Å². The fraction of sp³-hybridized carbons (Fsp3) is 0.214. The van der Waals surface area contributed by atoms with Crippen LogP contribution in [-0.2, 0) is 0 Å². The highest BCUT2D eigenvalue weighted by Crippen LogP contribution is 2.41. The molecule has 0 aliphatic heterocycles. The molecule has 0 aliphatic rings. The number of rotatable bonds is 2. The molecule has 2 heteroatoms. The van der Waals surface area contributed by atoms with Crippen LogP contribution in [0.3, 0.4) is 0 Å². The summed E-state index contributed by atoms with van der Waals surface area (Å²) in [5, 5.41) is 10.1. The molecule has 0 bridgehead atoms. The number of aryl methyl sites for hydroxylation is 4. The van der Waals surface area contributed by atoms with Crippen LogP contribution in [-0.4, -0.2) is 14.2 Å². The van der Waals surface area contributed by atoms with E-state index in [1.807, 2.05) is 0 Å². The maximum atomic E-state index is 5.55. The molecule has 0 saturated carbocycles. The summed E-state index contributed by atoms with van der Waals surface area (Å²) in [5.41, 5.74) is 5.29. The second kappa shape index (κ2) is 6.63. The molecule has 0 saturated heterocycles. The van der Waals surface area contributed by atoms with Gasteiger partial charge in [-0.2, -0.15) is 0 Å². The van der Waals surface area contributed by atoms with Crippen molar-refractivity contribution in [2.24, 2.45) is 0 Å². The lowest BCUT2D eigenvalue weighted by atomic mass is 9.88. The predicted octanol–water partition coefficient (Wildman–Crippen LogP) is 7.55. The van der Waals surface area contributed by atoms with E-state index in [0.29, 0.717) is 0 Å². The zero-order chi connectivity index (χ0) is 21.2. The van der Waals surface area contributed by atoms with Gasteiger partial charge in [0.1, 0.15) is 0 Å². The van der Waals surface area contributed by atoms with Crippen LogP contribution in [0.15, 0.2) is 48.5 Å². The third-order valence-corrected chi connectivity index (χ3v) is 6.62. The van der Waals surface area contributed by atoms with Crippen molar-refractivity contribution in [3.8, 4) is 11.5 Å². The largest absolute Gasteiger partial charge is 0.493 e. The minimum absolute atomic E-state index is 0.757. The SMILES string of the molecule is COc1cc2cc3c4cc(C)c(C)cc4c4cc(C)c(C)cc4c3cc2cc1OC. The summed E-state index contributed by atoms with van der Waals surface area (Å²) < 4.78 is 11.1. The molecule has 0 fully saturated rings. The van der Waals surface area contributed by atoms with Crippen molar-refractivity contribution in [1.29, 1.82) is 0 Å². The summed E-state index contributed by atoms with van der Waals surface area (Å²) in [6.45, 7) is 8.78. The van der Waals surface area contributed by atoms with Gasteiger partial charge >= 0.3 is 0 Å². The first-order chi connectivity index (χ1) is 14.4. The first kappa shape index (κ1) is 18.7. The molecule has 30 heavy (non-hydrogen) atoms. The summed E-state index contributed by atoms with van der Waals surface area (Å²) >= 11 is 0. The van der Waals surface area contributed by atoms with Gasteiger partial charge in [0, 0.05) is 0 Å². The summed E-state index contributed by atoms with van der Waals surface area (Å²) in [6, 6.07) is 18.1. The van der Waals surface area contributed by atoms with Crippen molar-refractivity contribution in [2.45, 2.75) is 27.7 Å². The molecular formula is C28H26O2. The maximum Gasteiger partial charge on any atom is 0.161 e. The number of fused-ring (bicyclic) bond motifs is 7. The van der Waals surface area contributed by atoms with E-state index in [2.05, 4.69) is 76.2 Å². The molecule has 5 aromatic carbocycles. The molecule has 5 rings (SSSR count). The topological polar surface area (TPSA) is 18.5 Å². The Hall–Kier alpha value is -3.26. The molecule has 2 nitrogen and oxygen atoms in total. The van der Waals surface area contributed by atoms with E-state index >= 15 is 0 Å². The molecule has 0 heterocycles. The molecule has 0 radical (unpaired) electrons.